The fourth-order valence-electron chi connectivity index (χ4n) is 4.17. The Kier molecular flexibility index (Phi) is 8.48. The fourth-order valence-corrected chi connectivity index (χ4v) is 4.68. The van der Waals surface area contributed by atoms with Crippen LogP contribution in [-0.2, 0) is 32.9 Å². The molecule has 2 heterocycles. The number of benzene rings is 2. The van der Waals surface area contributed by atoms with Crippen molar-refractivity contribution in [1.29, 1.82) is 0 Å². The first kappa shape index (κ1) is 30.8. The second-order valence-electron chi connectivity index (χ2n) is 8.88. The molecule has 0 unspecified atom stereocenters. The Hall–Kier alpha value is -3.12. The van der Waals surface area contributed by atoms with E-state index in [1.807, 2.05) is 0 Å². The number of hydrogen-bond donors (Lipinski definition) is 4. The van der Waals surface area contributed by atoms with Gasteiger partial charge in [-0.3, -0.25) is 9.88 Å². The quantitative estimate of drug-likeness (QED) is 0.178. The van der Waals surface area contributed by atoms with E-state index in [0.29, 0.717) is 17.7 Å². The molecule has 0 amide bonds. The summed E-state index contributed by atoms with van der Waals surface area (Å²) in [7, 11) is -5.09. The van der Waals surface area contributed by atoms with Crippen LogP contribution in [0.5, 0.6) is 0 Å². The average Bonchev–Trinajstić information content (AvgIpc) is 3.24. The van der Waals surface area contributed by atoms with Crippen molar-refractivity contribution in [2.45, 2.75) is 37.5 Å². The second kappa shape index (κ2) is 11.3. The van der Waals surface area contributed by atoms with E-state index in [0.717, 1.165) is 12.1 Å². The van der Waals surface area contributed by atoms with Gasteiger partial charge >= 0.3 is 25.8 Å². The minimum Gasteiger partial charge on any atom is -0.349 e. The summed E-state index contributed by atoms with van der Waals surface area (Å²) in [5, 5.41) is 3.58. The number of ether oxygens (including phenoxy) is 2. The Bertz CT molecular complexity index is 1460. The monoisotopic (exact) mass is 615 g/mol. The first-order valence-corrected chi connectivity index (χ1v) is 13.1. The number of hydrogen-bond acceptors (Lipinski definition) is 7. The molecule has 224 valence electrons. The molecule has 0 radical (unpaired) electrons. The van der Waals surface area contributed by atoms with Crippen molar-refractivity contribution in [2.75, 3.05) is 13.2 Å². The van der Waals surface area contributed by atoms with Crippen molar-refractivity contribution >= 4 is 7.75 Å². The first-order valence-electron chi connectivity index (χ1n) is 11.5. The van der Waals surface area contributed by atoms with Crippen LogP contribution in [0.1, 0.15) is 40.3 Å². The van der Waals surface area contributed by atoms with E-state index in [4.69, 9.17) is 15.2 Å². The van der Waals surface area contributed by atoms with Crippen molar-refractivity contribution in [3.63, 3.8) is 0 Å². The number of nitrogens with one attached hydrogen (secondary N) is 1. The van der Waals surface area contributed by atoms with Crippen LogP contribution in [0.2, 0.25) is 0 Å². The molecule has 11 nitrogen and oxygen atoms in total. The van der Waals surface area contributed by atoms with Crippen LogP contribution >= 0.6 is 7.75 Å². The molecular formula is C22H21F7N5O6P. The predicted octanol–water partition coefficient (Wildman–Crippen LogP) is 3.26. The molecule has 1 aromatic heterocycles. The number of halogens is 7. The Morgan fingerprint density at radius 2 is 1.68 bits per heavy atom. The minimum atomic E-state index is -5.13. The summed E-state index contributed by atoms with van der Waals surface area (Å²) in [6.45, 7) is -0.330. The van der Waals surface area contributed by atoms with E-state index in [2.05, 4.69) is 10.1 Å². The van der Waals surface area contributed by atoms with Crippen LogP contribution in [0, 0.1) is 5.82 Å². The first-order chi connectivity index (χ1) is 18.9. The smallest absolute Gasteiger partial charge is 0.349 e. The van der Waals surface area contributed by atoms with Gasteiger partial charge < -0.3 is 25.0 Å². The number of nitrogens with two attached hydrogens (primary N) is 1. The lowest BCUT2D eigenvalue weighted by molar-refractivity contribution is -0.233. The summed E-state index contributed by atoms with van der Waals surface area (Å²) in [5.74, 6) is -0.831. The highest BCUT2D eigenvalue weighted by molar-refractivity contribution is 7.49. The zero-order valence-corrected chi connectivity index (χ0v) is 21.3. The van der Waals surface area contributed by atoms with Gasteiger partial charge in [-0.05, 0) is 41.5 Å². The van der Waals surface area contributed by atoms with Crippen LogP contribution in [0.25, 0.3) is 0 Å². The summed E-state index contributed by atoms with van der Waals surface area (Å²) >= 11 is 0. The topological polar surface area (TPSA) is 156 Å². The van der Waals surface area contributed by atoms with Gasteiger partial charge in [0.25, 0.3) is 0 Å². The van der Waals surface area contributed by atoms with E-state index in [-0.39, 0.29) is 36.0 Å². The maximum absolute atomic E-state index is 13.6. The van der Waals surface area contributed by atoms with Crippen molar-refractivity contribution in [1.82, 2.24) is 19.4 Å². The van der Waals surface area contributed by atoms with Crippen molar-refractivity contribution in [3.05, 3.63) is 86.8 Å². The number of rotatable bonds is 7. The average molecular weight is 615 g/mol. The number of aromatic nitrogens is 3. The molecule has 1 aliphatic heterocycles. The van der Waals surface area contributed by atoms with Crippen molar-refractivity contribution < 1.29 is 54.6 Å². The lowest BCUT2D eigenvalue weighted by atomic mass is 10.0. The van der Waals surface area contributed by atoms with Gasteiger partial charge in [0.2, 0.25) is 0 Å². The number of alkyl halides is 6. The molecule has 0 aliphatic carbocycles. The lowest BCUT2D eigenvalue weighted by Crippen LogP contribution is -2.47. The molecule has 1 fully saturated rings. The van der Waals surface area contributed by atoms with Gasteiger partial charge in [-0.1, -0.05) is 12.1 Å². The Balaban J connectivity index is 1.68. The van der Waals surface area contributed by atoms with E-state index in [9.17, 15) is 49.9 Å². The third kappa shape index (κ3) is 7.21. The molecule has 4 rings (SSSR count). The lowest BCUT2D eigenvalue weighted by Gasteiger charge is -2.41. The predicted molar refractivity (Wildman–Crippen MR) is 124 cm³/mol. The third-order valence-corrected chi connectivity index (χ3v) is 6.76. The van der Waals surface area contributed by atoms with Crippen molar-refractivity contribution in [2.24, 2.45) is 5.73 Å². The van der Waals surface area contributed by atoms with Crippen LogP contribution < -0.4 is 11.4 Å². The van der Waals surface area contributed by atoms with Gasteiger partial charge in [-0.2, -0.15) is 26.3 Å². The molecule has 0 spiro atoms. The van der Waals surface area contributed by atoms with Crippen LogP contribution in [0.4, 0.5) is 30.7 Å². The Labute approximate surface area is 225 Å². The van der Waals surface area contributed by atoms with Gasteiger partial charge in [0, 0.05) is 6.54 Å². The molecule has 5 N–H and O–H groups in total. The standard InChI is InChI=1S/C22H21F7N5O6P/c23-15-3-1-11(2-4-15)17-19(39-6-5-33(17)10-16-31-20(35)34(32-16)41(36,37)38)40-18(30)12-7-13(21(24,25)26)9-14(8-12)22(27,28)29/h1-4,7-9,17-19H,5-6,10,30H2,(H,31,32,35)(H2,36,37,38)/t17-,18-,19+/m0/s1. The summed E-state index contributed by atoms with van der Waals surface area (Å²) in [5.41, 5.74) is 1.15. The summed E-state index contributed by atoms with van der Waals surface area (Å²) in [4.78, 5) is 34.2. The van der Waals surface area contributed by atoms with E-state index >= 15 is 0 Å². The largest absolute Gasteiger partial charge is 0.454 e. The van der Waals surface area contributed by atoms with Crippen LogP contribution in [-0.4, -0.2) is 48.7 Å². The zero-order valence-electron chi connectivity index (χ0n) is 20.4. The molecule has 0 saturated carbocycles. The molecule has 2 aromatic carbocycles. The van der Waals surface area contributed by atoms with E-state index in [1.54, 1.807) is 0 Å². The van der Waals surface area contributed by atoms with Crippen LogP contribution in [0.15, 0.2) is 47.3 Å². The number of aromatic amines is 1. The molecule has 1 saturated heterocycles. The molecular weight excluding hydrogens is 594 g/mol. The number of morpholine rings is 1. The Morgan fingerprint density at radius 1 is 1.10 bits per heavy atom. The van der Waals surface area contributed by atoms with Gasteiger partial charge in [-0.15, -0.1) is 9.55 Å². The highest BCUT2D eigenvalue weighted by atomic mass is 31.2. The molecule has 1 aliphatic rings. The van der Waals surface area contributed by atoms with E-state index in [1.165, 1.54) is 17.0 Å². The summed E-state index contributed by atoms with van der Waals surface area (Å²) < 4.78 is 116. The fraction of sp³-hybridized carbons (Fsp3) is 0.364. The van der Waals surface area contributed by atoms with Gasteiger partial charge in [0.15, 0.2) is 6.29 Å². The highest BCUT2D eigenvalue weighted by Gasteiger charge is 2.40. The van der Waals surface area contributed by atoms with Gasteiger partial charge in [-0.25, -0.2) is 13.8 Å². The molecule has 19 heteroatoms. The molecule has 41 heavy (non-hydrogen) atoms. The summed E-state index contributed by atoms with van der Waals surface area (Å²) in [6.07, 6.45) is -13.6. The van der Waals surface area contributed by atoms with Crippen molar-refractivity contribution in [3.8, 4) is 0 Å². The van der Waals surface area contributed by atoms with Crippen LogP contribution in [0.3, 0.4) is 0 Å². The second-order valence-corrected chi connectivity index (χ2v) is 10.3. The normalized spacial score (nSPS) is 19.9. The highest BCUT2D eigenvalue weighted by Crippen LogP contribution is 2.39. The number of nitrogens with zero attached hydrogens (tertiary/aromatic N) is 3. The number of H-pyrrole nitrogens is 1. The minimum absolute atomic E-state index is 0.0616. The Morgan fingerprint density at radius 3 is 2.20 bits per heavy atom. The summed E-state index contributed by atoms with van der Waals surface area (Å²) in [6, 6.07) is 4.48. The molecule has 3 aromatic rings. The molecule has 0 bridgehead atoms. The molecule has 3 atom stereocenters. The third-order valence-electron chi connectivity index (χ3n) is 5.99. The maximum atomic E-state index is 13.6. The maximum Gasteiger partial charge on any atom is 0.454 e. The van der Waals surface area contributed by atoms with E-state index < -0.39 is 66.9 Å². The van der Waals surface area contributed by atoms with Gasteiger partial charge in [0.1, 0.15) is 17.9 Å². The zero-order chi connectivity index (χ0) is 30.3. The van der Waals surface area contributed by atoms with Gasteiger partial charge in [0.05, 0.1) is 30.3 Å². The SMILES string of the molecule is N[C@@H](O[C@H]1OCCN(Cc2nn(P(=O)(O)O)c(=O)[nH]2)[C@H]1c1ccc(F)cc1)c1cc(C(F)(F)F)cc(C(F)(F)F)c1.